The minimum Gasteiger partial charge on any atom is -0.334 e. The summed E-state index contributed by atoms with van der Waals surface area (Å²) < 4.78 is 1.50. The van der Waals surface area contributed by atoms with Crippen LogP contribution in [-0.4, -0.2) is 32.5 Å². The summed E-state index contributed by atoms with van der Waals surface area (Å²) in [5.74, 6) is -0.391. The summed E-state index contributed by atoms with van der Waals surface area (Å²) in [6.45, 7) is 2.11. The molecule has 0 spiro atoms. The van der Waals surface area contributed by atoms with Crippen LogP contribution in [0.15, 0.2) is 53.5 Å². The second kappa shape index (κ2) is 6.22. The van der Waals surface area contributed by atoms with Gasteiger partial charge in [-0.1, -0.05) is 24.3 Å². The Morgan fingerprint density at radius 3 is 2.54 bits per heavy atom. The first-order valence-corrected chi connectivity index (χ1v) is 8.44. The van der Waals surface area contributed by atoms with Crippen LogP contribution >= 0.6 is 0 Å². The van der Waals surface area contributed by atoms with Crippen molar-refractivity contribution in [2.45, 2.75) is 19.9 Å². The number of ketones is 1. The van der Waals surface area contributed by atoms with Crippen LogP contribution in [0.5, 0.6) is 0 Å². The van der Waals surface area contributed by atoms with Crippen molar-refractivity contribution in [2.24, 2.45) is 0 Å². The number of carbonyl (C=O) groups excluding carboxylic acids is 2. The van der Waals surface area contributed by atoms with Gasteiger partial charge in [0.05, 0.1) is 23.4 Å². The maximum atomic E-state index is 13.0. The summed E-state index contributed by atoms with van der Waals surface area (Å²) >= 11 is 0. The molecule has 0 fully saturated rings. The van der Waals surface area contributed by atoms with E-state index in [0.29, 0.717) is 35.3 Å². The molecule has 0 unspecified atom stereocenters. The minimum atomic E-state index is -0.237. The summed E-state index contributed by atoms with van der Waals surface area (Å²) in [6, 6.07) is 12.2. The van der Waals surface area contributed by atoms with Crippen molar-refractivity contribution < 1.29 is 9.59 Å². The van der Waals surface area contributed by atoms with Gasteiger partial charge >= 0.3 is 0 Å². The summed E-state index contributed by atoms with van der Waals surface area (Å²) in [5.41, 5.74) is 2.51. The largest absolute Gasteiger partial charge is 0.334 e. The smallest absolute Gasteiger partial charge is 0.263 e. The first-order chi connectivity index (χ1) is 12.6. The van der Waals surface area contributed by atoms with Gasteiger partial charge in [-0.15, -0.1) is 0 Å². The zero-order valence-electron chi connectivity index (χ0n) is 14.3. The van der Waals surface area contributed by atoms with Gasteiger partial charge in [-0.05, 0) is 25.1 Å². The van der Waals surface area contributed by atoms with E-state index in [1.54, 1.807) is 47.5 Å². The molecule has 1 aliphatic heterocycles. The molecule has 1 aromatic carbocycles. The quantitative estimate of drug-likeness (QED) is 0.666. The number of nitrogens with zero attached hydrogens (tertiary/aromatic N) is 3. The normalized spacial score (nSPS) is 13.5. The SMILES string of the molecule is CC(=O)c1ccccc1C(=O)N1CCc2nc3ccccn3c(=O)c2C1. The lowest BCUT2D eigenvalue weighted by Gasteiger charge is -2.28. The number of hydrogen-bond donors (Lipinski definition) is 0. The van der Waals surface area contributed by atoms with Gasteiger partial charge in [0.1, 0.15) is 5.65 Å². The molecule has 3 heterocycles. The van der Waals surface area contributed by atoms with Crippen molar-refractivity contribution in [3.05, 3.63) is 81.4 Å². The second-order valence-corrected chi connectivity index (χ2v) is 6.35. The Morgan fingerprint density at radius 2 is 1.77 bits per heavy atom. The summed E-state index contributed by atoms with van der Waals surface area (Å²) in [4.78, 5) is 43.7. The zero-order valence-corrected chi connectivity index (χ0v) is 14.3. The van der Waals surface area contributed by atoms with Crippen molar-refractivity contribution in [2.75, 3.05) is 6.54 Å². The van der Waals surface area contributed by atoms with Crippen LogP contribution in [0.25, 0.3) is 5.65 Å². The van der Waals surface area contributed by atoms with Gasteiger partial charge in [0.15, 0.2) is 5.78 Å². The minimum absolute atomic E-state index is 0.150. The second-order valence-electron chi connectivity index (χ2n) is 6.35. The van der Waals surface area contributed by atoms with Crippen molar-refractivity contribution >= 4 is 17.3 Å². The highest BCUT2D eigenvalue weighted by molar-refractivity contribution is 6.07. The molecule has 0 atom stereocenters. The molecular weight excluding hydrogens is 330 g/mol. The predicted molar refractivity (Wildman–Crippen MR) is 96.4 cm³/mol. The first kappa shape index (κ1) is 16.2. The summed E-state index contributed by atoms with van der Waals surface area (Å²) in [7, 11) is 0. The van der Waals surface area contributed by atoms with Crippen LogP contribution < -0.4 is 5.56 Å². The highest BCUT2D eigenvalue weighted by Gasteiger charge is 2.27. The average molecular weight is 347 g/mol. The highest BCUT2D eigenvalue weighted by atomic mass is 16.2. The Balaban J connectivity index is 1.73. The third kappa shape index (κ3) is 2.60. The number of pyridine rings is 1. The van der Waals surface area contributed by atoms with Crippen LogP contribution in [0.4, 0.5) is 0 Å². The maximum absolute atomic E-state index is 13.0. The molecule has 26 heavy (non-hydrogen) atoms. The lowest BCUT2D eigenvalue weighted by Crippen LogP contribution is -2.40. The monoisotopic (exact) mass is 347 g/mol. The van der Waals surface area contributed by atoms with E-state index in [1.165, 1.54) is 11.3 Å². The topological polar surface area (TPSA) is 71.8 Å². The van der Waals surface area contributed by atoms with Crippen molar-refractivity contribution in [1.29, 1.82) is 0 Å². The van der Waals surface area contributed by atoms with Gasteiger partial charge in [-0.25, -0.2) is 4.98 Å². The van der Waals surface area contributed by atoms with E-state index in [-0.39, 0.29) is 23.8 Å². The van der Waals surface area contributed by atoms with E-state index in [9.17, 15) is 14.4 Å². The molecule has 0 aliphatic carbocycles. The highest BCUT2D eigenvalue weighted by Crippen LogP contribution is 2.19. The van der Waals surface area contributed by atoms with Crippen LogP contribution in [0.2, 0.25) is 0 Å². The number of carbonyl (C=O) groups is 2. The standard InChI is InChI=1S/C20H17N3O3/c1-13(24)14-6-2-3-7-15(14)19(25)22-11-9-17-16(12-22)20(26)23-10-5-4-8-18(23)21-17/h2-8,10H,9,11-12H2,1H3. The number of hydrogen-bond acceptors (Lipinski definition) is 4. The Bertz CT molecular complexity index is 1100. The van der Waals surface area contributed by atoms with Gasteiger partial charge in [-0.3, -0.25) is 18.8 Å². The molecule has 0 saturated heterocycles. The van der Waals surface area contributed by atoms with Crippen molar-refractivity contribution in [3.63, 3.8) is 0 Å². The van der Waals surface area contributed by atoms with E-state index in [2.05, 4.69) is 4.98 Å². The molecule has 0 bridgehead atoms. The molecule has 130 valence electrons. The average Bonchev–Trinajstić information content (AvgIpc) is 2.67. The molecule has 1 aliphatic rings. The Hall–Kier alpha value is -3.28. The number of aromatic nitrogens is 2. The molecule has 0 saturated carbocycles. The fourth-order valence-electron chi connectivity index (χ4n) is 3.37. The fraction of sp³-hybridized carbons (Fsp3) is 0.200. The molecule has 6 heteroatoms. The number of rotatable bonds is 2. The number of amides is 1. The van der Waals surface area contributed by atoms with E-state index < -0.39 is 0 Å². The number of Topliss-reactive ketones (excluding diaryl/α,β-unsaturated/α-hetero) is 1. The van der Waals surface area contributed by atoms with E-state index in [1.807, 2.05) is 6.07 Å². The van der Waals surface area contributed by atoms with E-state index in [4.69, 9.17) is 0 Å². The number of benzene rings is 1. The Morgan fingerprint density at radius 1 is 1.04 bits per heavy atom. The Labute approximate surface area is 149 Å². The molecular formula is C20H17N3O3. The van der Waals surface area contributed by atoms with E-state index in [0.717, 1.165) is 5.69 Å². The van der Waals surface area contributed by atoms with Gasteiger partial charge in [0.25, 0.3) is 11.5 Å². The van der Waals surface area contributed by atoms with Gasteiger partial charge in [0.2, 0.25) is 0 Å². The maximum Gasteiger partial charge on any atom is 0.263 e. The molecule has 3 aromatic rings. The molecule has 0 radical (unpaired) electrons. The van der Waals surface area contributed by atoms with Crippen molar-refractivity contribution in [1.82, 2.24) is 14.3 Å². The van der Waals surface area contributed by atoms with E-state index >= 15 is 0 Å². The lowest BCUT2D eigenvalue weighted by molar-refractivity contribution is 0.0728. The number of fused-ring (bicyclic) bond motifs is 2. The molecule has 4 rings (SSSR count). The third-order valence-corrected chi connectivity index (χ3v) is 4.70. The molecule has 2 aromatic heterocycles. The zero-order chi connectivity index (χ0) is 18.3. The Kier molecular flexibility index (Phi) is 3.88. The summed E-state index contributed by atoms with van der Waals surface area (Å²) in [6.07, 6.45) is 2.20. The van der Waals surface area contributed by atoms with Gasteiger partial charge < -0.3 is 4.90 Å². The third-order valence-electron chi connectivity index (χ3n) is 4.70. The molecule has 6 nitrogen and oxygen atoms in total. The predicted octanol–water partition coefficient (Wildman–Crippen LogP) is 2.10. The van der Waals surface area contributed by atoms with Gasteiger partial charge in [0, 0.05) is 24.7 Å². The van der Waals surface area contributed by atoms with Crippen LogP contribution in [0.3, 0.4) is 0 Å². The fourth-order valence-corrected chi connectivity index (χ4v) is 3.37. The van der Waals surface area contributed by atoms with Crippen molar-refractivity contribution in [3.8, 4) is 0 Å². The molecule has 0 N–H and O–H groups in total. The van der Waals surface area contributed by atoms with Crippen LogP contribution in [-0.2, 0) is 13.0 Å². The lowest BCUT2D eigenvalue weighted by atomic mass is 10.0. The summed E-state index contributed by atoms with van der Waals surface area (Å²) in [5, 5.41) is 0. The van der Waals surface area contributed by atoms with Gasteiger partial charge in [-0.2, -0.15) is 0 Å². The molecule has 1 amide bonds. The van der Waals surface area contributed by atoms with Crippen LogP contribution in [0.1, 0.15) is 38.9 Å². The van der Waals surface area contributed by atoms with Crippen LogP contribution in [0, 0.1) is 0 Å². The first-order valence-electron chi connectivity index (χ1n) is 8.44.